The number of hydrogen-bond donors (Lipinski definition) is 1. The lowest BCUT2D eigenvalue weighted by atomic mass is 10.1. The number of nitrogens with zero attached hydrogens (tertiary/aromatic N) is 1. The Morgan fingerprint density at radius 1 is 1.36 bits per heavy atom. The second-order valence-corrected chi connectivity index (χ2v) is 3.63. The van der Waals surface area contributed by atoms with Crippen molar-refractivity contribution in [2.24, 2.45) is 0 Å². The van der Waals surface area contributed by atoms with Gasteiger partial charge in [-0.15, -0.1) is 0 Å². The van der Waals surface area contributed by atoms with E-state index in [9.17, 15) is 4.79 Å². The molecule has 0 fully saturated rings. The highest BCUT2D eigenvalue weighted by atomic mass is 35.5. The van der Waals surface area contributed by atoms with Gasteiger partial charge < -0.3 is 4.98 Å². The lowest BCUT2D eigenvalue weighted by Crippen LogP contribution is -2.10. The van der Waals surface area contributed by atoms with Crippen LogP contribution in [0.15, 0.2) is 16.9 Å². The minimum atomic E-state index is -0.132. The molecule has 0 atom stereocenters. The van der Waals surface area contributed by atoms with E-state index in [1.54, 1.807) is 19.1 Å². The smallest absolute Gasteiger partial charge is 0.259 e. The van der Waals surface area contributed by atoms with Gasteiger partial charge in [0.25, 0.3) is 5.56 Å². The van der Waals surface area contributed by atoms with Gasteiger partial charge in [0.2, 0.25) is 0 Å². The van der Waals surface area contributed by atoms with E-state index in [0.29, 0.717) is 21.7 Å². The molecule has 2 rings (SSSR count). The topological polar surface area (TPSA) is 45.8 Å². The highest BCUT2D eigenvalue weighted by molar-refractivity contribution is 6.32. The first-order chi connectivity index (χ1) is 6.59. The Kier molecular flexibility index (Phi) is 2.04. The van der Waals surface area contributed by atoms with E-state index in [1.807, 2.05) is 6.92 Å². The predicted octanol–water partition coefficient (Wildman–Crippen LogP) is 2.19. The summed E-state index contributed by atoms with van der Waals surface area (Å²) in [5.41, 5.74) is 1.33. The number of nitrogens with one attached hydrogen (secondary N) is 1. The summed E-state index contributed by atoms with van der Waals surface area (Å²) in [7, 11) is 0. The van der Waals surface area contributed by atoms with Crippen LogP contribution in [0.3, 0.4) is 0 Å². The fourth-order valence-corrected chi connectivity index (χ4v) is 1.64. The van der Waals surface area contributed by atoms with E-state index in [4.69, 9.17) is 11.6 Å². The first kappa shape index (κ1) is 9.21. The fraction of sp³-hybridized carbons (Fsp3) is 0.200. The van der Waals surface area contributed by atoms with Gasteiger partial charge in [-0.25, -0.2) is 4.98 Å². The standard InChI is InChI=1S/C10H9ClN2O/c1-5-7(11)3-4-8-9(5)10(14)13-6(2)12-8/h3-4H,1-2H3,(H,12,13,14). The maximum atomic E-state index is 11.6. The van der Waals surface area contributed by atoms with Gasteiger partial charge in [-0.3, -0.25) is 4.79 Å². The minimum Gasteiger partial charge on any atom is -0.310 e. The zero-order valence-electron chi connectivity index (χ0n) is 7.89. The van der Waals surface area contributed by atoms with Crippen LogP contribution in [0.5, 0.6) is 0 Å². The molecule has 2 aromatic rings. The maximum Gasteiger partial charge on any atom is 0.259 e. The predicted molar refractivity (Wildman–Crippen MR) is 56.8 cm³/mol. The summed E-state index contributed by atoms with van der Waals surface area (Å²) in [6.45, 7) is 3.57. The van der Waals surface area contributed by atoms with Gasteiger partial charge in [-0.05, 0) is 31.5 Å². The van der Waals surface area contributed by atoms with Gasteiger partial charge in [0.15, 0.2) is 0 Å². The lowest BCUT2D eigenvalue weighted by molar-refractivity contribution is 1.06. The Morgan fingerprint density at radius 3 is 2.79 bits per heavy atom. The van der Waals surface area contributed by atoms with Gasteiger partial charge in [0.1, 0.15) is 5.82 Å². The number of fused-ring (bicyclic) bond motifs is 1. The van der Waals surface area contributed by atoms with E-state index in [2.05, 4.69) is 9.97 Å². The number of halogens is 1. The first-order valence-electron chi connectivity index (χ1n) is 4.25. The molecule has 4 heteroatoms. The molecular formula is C10H9ClN2O. The van der Waals surface area contributed by atoms with E-state index in [0.717, 1.165) is 5.56 Å². The summed E-state index contributed by atoms with van der Waals surface area (Å²) in [6.07, 6.45) is 0. The van der Waals surface area contributed by atoms with Gasteiger partial charge in [-0.1, -0.05) is 11.6 Å². The molecule has 0 saturated heterocycles. The number of aromatic nitrogens is 2. The van der Waals surface area contributed by atoms with Gasteiger partial charge in [-0.2, -0.15) is 0 Å². The van der Waals surface area contributed by atoms with Crippen LogP contribution in [-0.2, 0) is 0 Å². The number of benzene rings is 1. The van der Waals surface area contributed by atoms with Crippen molar-refractivity contribution in [2.45, 2.75) is 13.8 Å². The Balaban J connectivity index is 3.03. The van der Waals surface area contributed by atoms with Crippen molar-refractivity contribution >= 4 is 22.5 Å². The van der Waals surface area contributed by atoms with Crippen LogP contribution in [-0.4, -0.2) is 9.97 Å². The van der Waals surface area contributed by atoms with Crippen molar-refractivity contribution in [2.75, 3.05) is 0 Å². The molecule has 14 heavy (non-hydrogen) atoms. The number of rotatable bonds is 0. The first-order valence-corrected chi connectivity index (χ1v) is 4.63. The van der Waals surface area contributed by atoms with Gasteiger partial charge in [0.05, 0.1) is 10.9 Å². The largest absolute Gasteiger partial charge is 0.310 e. The molecule has 0 amide bonds. The van der Waals surface area contributed by atoms with Crippen LogP contribution >= 0.6 is 11.6 Å². The van der Waals surface area contributed by atoms with Crippen LogP contribution in [0.25, 0.3) is 10.9 Å². The molecule has 1 N–H and O–H groups in total. The Bertz CT molecular complexity index is 560. The van der Waals surface area contributed by atoms with Gasteiger partial charge >= 0.3 is 0 Å². The van der Waals surface area contributed by atoms with Crippen LogP contribution < -0.4 is 5.56 Å². The third-order valence-electron chi connectivity index (χ3n) is 2.19. The molecule has 0 radical (unpaired) electrons. The van der Waals surface area contributed by atoms with Crippen molar-refractivity contribution in [1.82, 2.24) is 9.97 Å². The normalized spacial score (nSPS) is 10.8. The van der Waals surface area contributed by atoms with Crippen LogP contribution in [0.1, 0.15) is 11.4 Å². The van der Waals surface area contributed by atoms with Crippen molar-refractivity contribution in [3.8, 4) is 0 Å². The molecule has 0 bridgehead atoms. The van der Waals surface area contributed by atoms with Crippen molar-refractivity contribution in [3.05, 3.63) is 38.9 Å². The monoisotopic (exact) mass is 208 g/mol. The number of H-pyrrole nitrogens is 1. The van der Waals surface area contributed by atoms with Gasteiger partial charge in [0, 0.05) is 5.02 Å². The highest BCUT2D eigenvalue weighted by Gasteiger charge is 2.06. The summed E-state index contributed by atoms with van der Waals surface area (Å²) in [5, 5.41) is 1.16. The SMILES string of the molecule is Cc1nc2ccc(Cl)c(C)c2c(=O)[nH]1. The van der Waals surface area contributed by atoms with Crippen LogP contribution in [0.2, 0.25) is 5.02 Å². The molecule has 72 valence electrons. The number of aryl methyl sites for hydroxylation is 2. The second-order valence-electron chi connectivity index (χ2n) is 3.22. The summed E-state index contributed by atoms with van der Waals surface area (Å²) >= 11 is 5.92. The van der Waals surface area contributed by atoms with Crippen molar-refractivity contribution < 1.29 is 0 Å². The van der Waals surface area contributed by atoms with Crippen molar-refractivity contribution in [1.29, 1.82) is 0 Å². The molecule has 0 spiro atoms. The van der Waals surface area contributed by atoms with E-state index >= 15 is 0 Å². The molecule has 0 aliphatic rings. The average molecular weight is 209 g/mol. The molecule has 1 heterocycles. The van der Waals surface area contributed by atoms with Crippen molar-refractivity contribution in [3.63, 3.8) is 0 Å². The molecule has 3 nitrogen and oxygen atoms in total. The quantitative estimate of drug-likeness (QED) is 0.722. The van der Waals surface area contributed by atoms with Crippen LogP contribution in [0.4, 0.5) is 0 Å². The summed E-state index contributed by atoms with van der Waals surface area (Å²) in [6, 6.07) is 3.51. The summed E-state index contributed by atoms with van der Waals surface area (Å²) in [5.74, 6) is 0.615. The molecular weight excluding hydrogens is 200 g/mol. The number of hydrogen-bond acceptors (Lipinski definition) is 2. The highest BCUT2D eigenvalue weighted by Crippen LogP contribution is 2.20. The summed E-state index contributed by atoms with van der Waals surface area (Å²) < 4.78 is 0. The molecule has 1 aromatic carbocycles. The minimum absolute atomic E-state index is 0.132. The Hall–Kier alpha value is -1.35. The molecule has 0 unspecified atom stereocenters. The Morgan fingerprint density at radius 2 is 2.07 bits per heavy atom. The Labute approximate surface area is 85.7 Å². The zero-order chi connectivity index (χ0) is 10.3. The third-order valence-corrected chi connectivity index (χ3v) is 2.60. The summed E-state index contributed by atoms with van der Waals surface area (Å²) in [4.78, 5) is 18.5. The zero-order valence-corrected chi connectivity index (χ0v) is 8.64. The van der Waals surface area contributed by atoms with E-state index in [-0.39, 0.29) is 5.56 Å². The lowest BCUT2D eigenvalue weighted by Gasteiger charge is -2.03. The van der Waals surface area contributed by atoms with E-state index in [1.165, 1.54) is 0 Å². The molecule has 1 aromatic heterocycles. The molecule has 0 aliphatic carbocycles. The fourth-order valence-electron chi connectivity index (χ4n) is 1.49. The molecule has 0 saturated carbocycles. The van der Waals surface area contributed by atoms with Crippen LogP contribution in [0, 0.1) is 13.8 Å². The average Bonchev–Trinajstić information content (AvgIpc) is 2.10. The molecule has 0 aliphatic heterocycles. The third kappa shape index (κ3) is 1.30. The number of aromatic amines is 1. The second kappa shape index (κ2) is 3.10. The maximum absolute atomic E-state index is 11.6. The van der Waals surface area contributed by atoms with E-state index < -0.39 is 0 Å².